The van der Waals surface area contributed by atoms with Crippen LogP contribution in [-0.2, 0) is 0 Å². The second-order valence-corrected chi connectivity index (χ2v) is 2.54. The third-order valence-electron chi connectivity index (χ3n) is 1.87. The number of pyridine rings is 1. The highest BCUT2D eigenvalue weighted by Crippen LogP contribution is 2.16. The van der Waals surface area contributed by atoms with Gasteiger partial charge in [0.1, 0.15) is 5.52 Å². The highest BCUT2D eigenvalue weighted by molar-refractivity contribution is 5.88. The summed E-state index contributed by atoms with van der Waals surface area (Å²) in [5, 5.41) is 4.08. The summed E-state index contributed by atoms with van der Waals surface area (Å²) in [6.07, 6.45) is 5.03. The van der Waals surface area contributed by atoms with Gasteiger partial charge in [-0.1, -0.05) is 0 Å². The van der Waals surface area contributed by atoms with Crippen LogP contribution in [0.1, 0.15) is 0 Å². The van der Waals surface area contributed by atoms with Crippen molar-refractivity contribution in [3.63, 3.8) is 0 Å². The summed E-state index contributed by atoms with van der Waals surface area (Å²) < 4.78 is 6.91. The van der Waals surface area contributed by atoms with Gasteiger partial charge in [0.25, 0.3) is 0 Å². The topological polar surface area (TPSA) is 43.3 Å². The predicted molar refractivity (Wildman–Crippen MR) is 42.8 cm³/mol. The molecule has 0 N–H and O–H groups in total. The molecule has 0 atom stereocenters. The number of aromatic nitrogens is 3. The Morgan fingerprint density at radius 1 is 1.33 bits per heavy atom. The lowest BCUT2D eigenvalue weighted by molar-refractivity contribution is 0.602. The minimum absolute atomic E-state index is 0.794. The maximum Gasteiger partial charge on any atom is 0.182 e. The van der Waals surface area contributed by atoms with Crippen LogP contribution in [0.15, 0.2) is 35.3 Å². The van der Waals surface area contributed by atoms with Crippen molar-refractivity contribution >= 4 is 16.6 Å². The number of rotatable bonds is 0. The van der Waals surface area contributed by atoms with E-state index in [4.69, 9.17) is 4.42 Å². The SMILES string of the molecule is c1cc2c3ncoc3ccn2n1. The minimum atomic E-state index is 0.794. The summed E-state index contributed by atoms with van der Waals surface area (Å²) in [6.45, 7) is 0. The van der Waals surface area contributed by atoms with Crippen LogP contribution >= 0.6 is 0 Å². The molecule has 3 aromatic rings. The molecule has 0 spiro atoms. The van der Waals surface area contributed by atoms with Crippen LogP contribution in [0.3, 0.4) is 0 Å². The third kappa shape index (κ3) is 0.567. The molecule has 0 aromatic carbocycles. The van der Waals surface area contributed by atoms with Crippen molar-refractivity contribution in [2.24, 2.45) is 0 Å². The molecular formula is C8H5N3O. The summed E-state index contributed by atoms with van der Waals surface area (Å²) in [5.41, 5.74) is 2.62. The smallest absolute Gasteiger partial charge is 0.182 e. The summed E-state index contributed by atoms with van der Waals surface area (Å²) in [4.78, 5) is 4.09. The van der Waals surface area contributed by atoms with Crippen molar-refractivity contribution in [1.82, 2.24) is 14.6 Å². The Kier molecular flexibility index (Phi) is 0.889. The third-order valence-corrected chi connectivity index (χ3v) is 1.87. The molecule has 3 rings (SSSR count). The first-order valence-electron chi connectivity index (χ1n) is 3.61. The Balaban J connectivity index is 2.71. The van der Waals surface area contributed by atoms with E-state index >= 15 is 0 Å². The van der Waals surface area contributed by atoms with Gasteiger partial charge in [-0.05, 0) is 6.07 Å². The van der Waals surface area contributed by atoms with Crippen molar-refractivity contribution in [1.29, 1.82) is 0 Å². The zero-order chi connectivity index (χ0) is 7.97. The molecule has 12 heavy (non-hydrogen) atoms. The molecule has 0 aliphatic heterocycles. The van der Waals surface area contributed by atoms with E-state index in [-0.39, 0.29) is 0 Å². The van der Waals surface area contributed by atoms with Gasteiger partial charge in [-0.3, -0.25) is 0 Å². The Bertz CT molecular complexity index is 487. The van der Waals surface area contributed by atoms with Gasteiger partial charge in [-0.15, -0.1) is 0 Å². The van der Waals surface area contributed by atoms with Crippen molar-refractivity contribution in [3.05, 3.63) is 30.9 Å². The lowest BCUT2D eigenvalue weighted by atomic mass is 10.3. The van der Waals surface area contributed by atoms with E-state index < -0.39 is 0 Å². The van der Waals surface area contributed by atoms with E-state index in [0.717, 1.165) is 16.6 Å². The molecule has 3 heterocycles. The summed E-state index contributed by atoms with van der Waals surface area (Å²) >= 11 is 0. The summed E-state index contributed by atoms with van der Waals surface area (Å²) in [5.74, 6) is 0. The molecule has 0 radical (unpaired) electrons. The average molecular weight is 159 g/mol. The number of oxazole rings is 1. The molecule has 4 heteroatoms. The number of nitrogens with zero attached hydrogens (tertiary/aromatic N) is 3. The van der Waals surface area contributed by atoms with Crippen LogP contribution in [0.4, 0.5) is 0 Å². The fraction of sp³-hybridized carbons (Fsp3) is 0. The Morgan fingerprint density at radius 3 is 3.33 bits per heavy atom. The molecule has 0 bridgehead atoms. The van der Waals surface area contributed by atoms with E-state index in [0.29, 0.717) is 0 Å². The standard InChI is InChI=1S/C8H5N3O/c1-3-10-11-4-2-7-8(6(1)11)9-5-12-7/h1-5H. The quantitative estimate of drug-likeness (QED) is 0.499. The van der Waals surface area contributed by atoms with Crippen molar-refractivity contribution in [2.75, 3.05) is 0 Å². The minimum Gasteiger partial charge on any atom is -0.443 e. The second-order valence-electron chi connectivity index (χ2n) is 2.54. The normalized spacial score (nSPS) is 11.3. The predicted octanol–water partition coefficient (Wildman–Crippen LogP) is 1.48. The monoisotopic (exact) mass is 159 g/mol. The molecule has 0 aliphatic rings. The zero-order valence-corrected chi connectivity index (χ0v) is 6.14. The highest BCUT2D eigenvalue weighted by atomic mass is 16.3. The van der Waals surface area contributed by atoms with Gasteiger partial charge in [0.2, 0.25) is 0 Å². The van der Waals surface area contributed by atoms with Crippen molar-refractivity contribution in [3.8, 4) is 0 Å². The average Bonchev–Trinajstić information content (AvgIpc) is 2.71. The first kappa shape index (κ1) is 5.77. The fourth-order valence-corrected chi connectivity index (χ4v) is 1.32. The maximum absolute atomic E-state index is 5.14. The van der Waals surface area contributed by atoms with Gasteiger partial charge in [0, 0.05) is 12.3 Å². The molecular weight excluding hydrogens is 154 g/mol. The van der Waals surface area contributed by atoms with Crippen molar-refractivity contribution in [2.45, 2.75) is 0 Å². The Morgan fingerprint density at radius 2 is 2.33 bits per heavy atom. The van der Waals surface area contributed by atoms with Gasteiger partial charge in [-0.2, -0.15) is 5.10 Å². The molecule has 0 amide bonds. The molecule has 0 aliphatic carbocycles. The molecule has 0 saturated heterocycles. The van der Waals surface area contributed by atoms with Gasteiger partial charge < -0.3 is 4.42 Å². The molecule has 4 nitrogen and oxygen atoms in total. The van der Waals surface area contributed by atoms with Crippen LogP contribution in [0.5, 0.6) is 0 Å². The zero-order valence-electron chi connectivity index (χ0n) is 6.14. The van der Waals surface area contributed by atoms with E-state index in [1.165, 1.54) is 6.39 Å². The van der Waals surface area contributed by atoms with Crippen molar-refractivity contribution < 1.29 is 4.42 Å². The molecule has 3 aromatic heterocycles. The Labute approximate surface area is 67.4 Å². The number of fused-ring (bicyclic) bond motifs is 3. The summed E-state index contributed by atoms with van der Waals surface area (Å²) in [6, 6.07) is 3.76. The van der Waals surface area contributed by atoms with Crippen LogP contribution in [0.25, 0.3) is 16.6 Å². The van der Waals surface area contributed by atoms with E-state index in [2.05, 4.69) is 10.1 Å². The van der Waals surface area contributed by atoms with E-state index in [1.54, 1.807) is 10.7 Å². The lowest BCUT2D eigenvalue weighted by Gasteiger charge is -1.90. The maximum atomic E-state index is 5.14. The van der Waals surface area contributed by atoms with Gasteiger partial charge in [-0.25, -0.2) is 9.50 Å². The van der Waals surface area contributed by atoms with Gasteiger partial charge >= 0.3 is 0 Å². The van der Waals surface area contributed by atoms with E-state index in [1.807, 2.05) is 18.3 Å². The Hall–Kier alpha value is -1.84. The van der Waals surface area contributed by atoms with Crippen LogP contribution in [0.2, 0.25) is 0 Å². The van der Waals surface area contributed by atoms with Crippen LogP contribution in [-0.4, -0.2) is 14.6 Å². The van der Waals surface area contributed by atoms with Crippen LogP contribution in [0, 0.1) is 0 Å². The lowest BCUT2D eigenvalue weighted by Crippen LogP contribution is -1.84. The summed E-state index contributed by atoms with van der Waals surface area (Å²) in [7, 11) is 0. The highest BCUT2D eigenvalue weighted by Gasteiger charge is 2.03. The van der Waals surface area contributed by atoms with E-state index in [9.17, 15) is 0 Å². The number of hydrogen-bond acceptors (Lipinski definition) is 3. The fourth-order valence-electron chi connectivity index (χ4n) is 1.32. The largest absolute Gasteiger partial charge is 0.443 e. The molecule has 0 fully saturated rings. The van der Waals surface area contributed by atoms with Crippen LogP contribution < -0.4 is 0 Å². The second kappa shape index (κ2) is 1.85. The number of hydrogen-bond donors (Lipinski definition) is 0. The van der Waals surface area contributed by atoms with Gasteiger partial charge in [0.15, 0.2) is 12.0 Å². The molecule has 58 valence electrons. The molecule has 0 unspecified atom stereocenters. The first-order chi connectivity index (χ1) is 5.95. The van der Waals surface area contributed by atoms with Gasteiger partial charge in [0.05, 0.1) is 11.7 Å². The first-order valence-corrected chi connectivity index (χ1v) is 3.61. The molecule has 0 saturated carbocycles.